The van der Waals surface area contributed by atoms with Gasteiger partial charge in [-0.05, 0) is 31.0 Å². The summed E-state index contributed by atoms with van der Waals surface area (Å²) >= 11 is 0. The monoisotopic (exact) mass is 250 g/mol. The maximum atomic E-state index is 12.0. The quantitative estimate of drug-likeness (QED) is 0.789. The van der Waals surface area contributed by atoms with E-state index in [1.165, 1.54) is 0 Å². The number of carbonyl (C=O) groups excluding carboxylic acids is 1. The molecule has 4 nitrogen and oxygen atoms in total. The Morgan fingerprint density at radius 2 is 2.11 bits per heavy atom. The lowest BCUT2D eigenvalue weighted by Crippen LogP contribution is -2.36. The predicted molar refractivity (Wildman–Crippen MR) is 73.8 cm³/mol. The lowest BCUT2D eigenvalue weighted by Gasteiger charge is -2.20. The summed E-state index contributed by atoms with van der Waals surface area (Å²) < 4.78 is 5.06. The third-order valence-electron chi connectivity index (χ3n) is 3.35. The van der Waals surface area contributed by atoms with Crippen LogP contribution in [0.5, 0.6) is 5.75 Å². The summed E-state index contributed by atoms with van der Waals surface area (Å²) in [6.07, 6.45) is 1.03. The number of anilines is 1. The van der Waals surface area contributed by atoms with Crippen molar-refractivity contribution in [1.29, 1.82) is 0 Å². The molecule has 1 aromatic rings. The number of carbonyl (C=O) groups is 1. The lowest BCUT2D eigenvalue weighted by molar-refractivity contribution is 0.0928. The van der Waals surface area contributed by atoms with Crippen LogP contribution in [0.15, 0.2) is 18.2 Å². The molecule has 0 heterocycles. The molecule has 0 aliphatic carbocycles. The van der Waals surface area contributed by atoms with Crippen molar-refractivity contribution in [2.75, 3.05) is 12.8 Å². The molecule has 0 aliphatic heterocycles. The molecule has 1 aromatic carbocycles. The zero-order chi connectivity index (χ0) is 13.7. The molecule has 4 heteroatoms. The molecule has 0 fully saturated rings. The first kappa shape index (κ1) is 14.4. The number of benzene rings is 1. The van der Waals surface area contributed by atoms with E-state index in [1.54, 1.807) is 25.3 Å². The molecule has 0 aliphatic rings. The Morgan fingerprint density at radius 1 is 1.44 bits per heavy atom. The van der Waals surface area contributed by atoms with Crippen LogP contribution in [0, 0.1) is 5.92 Å². The summed E-state index contributed by atoms with van der Waals surface area (Å²) in [4.78, 5) is 12.0. The summed E-state index contributed by atoms with van der Waals surface area (Å²) in [5.74, 6) is 0.934. The highest BCUT2D eigenvalue weighted by Crippen LogP contribution is 2.22. The summed E-state index contributed by atoms with van der Waals surface area (Å²) in [5.41, 5.74) is 6.81. The van der Waals surface area contributed by atoms with Gasteiger partial charge in [-0.2, -0.15) is 0 Å². The van der Waals surface area contributed by atoms with Crippen molar-refractivity contribution in [3.63, 3.8) is 0 Å². The van der Waals surface area contributed by atoms with Crippen molar-refractivity contribution >= 4 is 11.6 Å². The fourth-order valence-electron chi connectivity index (χ4n) is 1.66. The van der Waals surface area contributed by atoms with E-state index in [0.29, 0.717) is 22.9 Å². The molecule has 100 valence electrons. The van der Waals surface area contributed by atoms with Gasteiger partial charge in [-0.25, -0.2) is 0 Å². The van der Waals surface area contributed by atoms with E-state index in [-0.39, 0.29) is 11.9 Å². The first-order valence-corrected chi connectivity index (χ1v) is 6.24. The topological polar surface area (TPSA) is 64.3 Å². The Kier molecular flexibility index (Phi) is 5.01. The van der Waals surface area contributed by atoms with E-state index >= 15 is 0 Å². The second kappa shape index (κ2) is 6.28. The van der Waals surface area contributed by atoms with Gasteiger partial charge >= 0.3 is 0 Å². The van der Waals surface area contributed by atoms with E-state index < -0.39 is 0 Å². The third kappa shape index (κ3) is 3.39. The Hall–Kier alpha value is -1.71. The number of methoxy groups -OCH3 is 1. The molecule has 0 aromatic heterocycles. The van der Waals surface area contributed by atoms with Crippen molar-refractivity contribution < 1.29 is 9.53 Å². The van der Waals surface area contributed by atoms with Gasteiger partial charge in [0.1, 0.15) is 5.75 Å². The minimum Gasteiger partial charge on any atom is -0.495 e. The van der Waals surface area contributed by atoms with E-state index in [4.69, 9.17) is 10.5 Å². The van der Waals surface area contributed by atoms with Crippen LogP contribution in [0.25, 0.3) is 0 Å². The molecule has 0 saturated carbocycles. The Morgan fingerprint density at radius 3 is 2.61 bits per heavy atom. The summed E-state index contributed by atoms with van der Waals surface area (Å²) in [7, 11) is 1.55. The fourth-order valence-corrected chi connectivity index (χ4v) is 1.66. The third-order valence-corrected chi connectivity index (χ3v) is 3.35. The lowest BCUT2D eigenvalue weighted by atomic mass is 10.0. The summed E-state index contributed by atoms with van der Waals surface area (Å²) in [6, 6.07) is 5.20. The molecule has 0 bridgehead atoms. The molecule has 18 heavy (non-hydrogen) atoms. The number of ether oxygens (including phenoxy) is 1. The van der Waals surface area contributed by atoms with E-state index in [0.717, 1.165) is 6.42 Å². The predicted octanol–water partition coefficient (Wildman–Crippen LogP) is 2.44. The molecule has 3 N–H and O–H groups in total. The normalized spacial score (nSPS) is 13.8. The van der Waals surface area contributed by atoms with Crippen molar-refractivity contribution in [1.82, 2.24) is 5.32 Å². The smallest absolute Gasteiger partial charge is 0.251 e. The van der Waals surface area contributed by atoms with Gasteiger partial charge in [0.2, 0.25) is 0 Å². The van der Waals surface area contributed by atoms with Crippen LogP contribution in [-0.2, 0) is 0 Å². The SMILES string of the molecule is CCC(C)C(C)NC(=O)c1ccc(OC)c(N)c1. The first-order valence-electron chi connectivity index (χ1n) is 6.24. The van der Waals surface area contributed by atoms with Crippen molar-refractivity contribution in [3.05, 3.63) is 23.8 Å². The number of hydrogen-bond donors (Lipinski definition) is 2. The van der Waals surface area contributed by atoms with Crippen LogP contribution in [-0.4, -0.2) is 19.1 Å². The van der Waals surface area contributed by atoms with E-state index in [9.17, 15) is 4.79 Å². The summed E-state index contributed by atoms with van der Waals surface area (Å²) in [6.45, 7) is 6.24. The number of hydrogen-bond acceptors (Lipinski definition) is 3. The minimum absolute atomic E-state index is 0.0999. The highest BCUT2D eigenvalue weighted by molar-refractivity contribution is 5.95. The van der Waals surface area contributed by atoms with Crippen LogP contribution in [0.3, 0.4) is 0 Å². The number of nitrogens with two attached hydrogens (primary N) is 1. The average molecular weight is 250 g/mol. The van der Waals surface area contributed by atoms with Gasteiger partial charge in [0.25, 0.3) is 5.91 Å². The Labute approximate surface area is 109 Å². The fraction of sp³-hybridized carbons (Fsp3) is 0.500. The maximum Gasteiger partial charge on any atom is 0.251 e. The van der Waals surface area contributed by atoms with Crippen LogP contribution in [0.1, 0.15) is 37.6 Å². The number of amides is 1. The highest BCUT2D eigenvalue weighted by Gasteiger charge is 2.15. The molecule has 1 amide bonds. The van der Waals surface area contributed by atoms with Gasteiger partial charge in [-0.1, -0.05) is 20.3 Å². The van der Waals surface area contributed by atoms with Crippen molar-refractivity contribution in [3.8, 4) is 5.75 Å². The van der Waals surface area contributed by atoms with Crippen LogP contribution in [0.2, 0.25) is 0 Å². The number of nitrogen functional groups attached to an aromatic ring is 1. The Balaban J connectivity index is 2.76. The second-order valence-corrected chi connectivity index (χ2v) is 4.60. The van der Waals surface area contributed by atoms with Crippen LogP contribution < -0.4 is 15.8 Å². The molecule has 0 radical (unpaired) electrons. The number of rotatable bonds is 5. The van der Waals surface area contributed by atoms with Crippen molar-refractivity contribution in [2.24, 2.45) is 5.92 Å². The molecule has 0 spiro atoms. The van der Waals surface area contributed by atoms with Gasteiger partial charge in [-0.15, -0.1) is 0 Å². The molecule has 1 rings (SSSR count). The van der Waals surface area contributed by atoms with E-state index in [2.05, 4.69) is 19.2 Å². The molecular formula is C14H22N2O2. The minimum atomic E-state index is -0.0999. The van der Waals surface area contributed by atoms with Crippen LogP contribution >= 0.6 is 0 Å². The average Bonchev–Trinajstić information content (AvgIpc) is 2.37. The van der Waals surface area contributed by atoms with Gasteiger partial charge in [0, 0.05) is 11.6 Å². The first-order chi connectivity index (χ1) is 8.49. The van der Waals surface area contributed by atoms with Gasteiger partial charge < -0.3 is 15.8 Å². The molecule has 2 atom stereocenters. The second-order valence-electron chi connectivity index (χ2n) is 4.60. The standard InChI is InChI=1S/C14H22N2O2/c1-5-9(2)10(3)16-14(17)11-6-7-13(18-4)12(15)8-11/h6-10H,5,15H2,1-4H3,(H,16,17). The van der Waals surface area contributed by atoms with E-state index in [1.807, 2.05) is 6.92 Å². The zero-order valence-corrected chi connectivity index (χ0v) is 11.5. The molecule has 2 unspecified atom stereocenters. The van der Waals surface area contributed by atoms with Gasteiger partial charge in [0.15, 0.2) is 0 Å². The van der Waals surface area contributed by atoms with Gasteiger partial charge in [-0.3, -0.25) is 4.79 Å². The largest absolute Gasteiger partial charge is 0.495 e. The highest BCUT2D eigenvalue weighted by atomic mass is 16.5. The Bertz CT molecular complexity index is 418. The maximum absolute atomic E-state index is 12.0. The van der Waals surface area contributed by atoms with Crippen LogP contribution in [0.4, 0.5) is 5.69 Å². The molecule has 0 saturated heterocycles. The van der Waals surface area contributed by atoms with Gasteiger partial charge in [0.05, 0.1) is 12.8 Å². The number of nitrogens with one attached hydrogen (secondary N) is 1. The zero-order valence-electron chi connectivity index (χ0n) is 11.5. The van der Waals surface area contributed by atoms with Crippen molar-refractivity contribution in [2.45, 2.75) is 33.2 Å². The summed E-state index contributed by atoms with van der Waals surface area (Å²) in [5, 5.41) is 2.98. The molecular weight excluding hydrogens is 228 g/mol.